The summed E-state index contributed by atoms with van der Waals surface area (Å²) in [6.07, 6.45) is 5.52. The number of aromatic nitrogens is 4. The number of hydrogen-bond acceptors (Lipinski definition) is 4. The Kier molecular flexibility index (Phi) is 5.18. The van der Waals surface area contributed by atoms with Gasteiger partial charge in [-0.25, -0.2) is 9.97 Å². The number of nitrogens with zero attached hydrogens (tertiary/aromatic N) is 4. The summed E-state index contributed by atoms with van der Waals surface area (Å²) in [7, 11) is 0. The van der Waals surface area contributed by atoms with E-state index in [1.54, 1.807) is 12.4 Å². The van der Waals surface area contributed by atoms with Crippen LogP contribution in [-0.4, -0.2) is 19.7 Å². The fraction of sp³-hybridized carbons (Fsp3) is 0.316. The molecular formula is C19H22BrN5. The molecule has 6 heteroatoms. The van der Waals surface area contributed by atoms with Gasteiger partial charge in [0.1, 0.15) is 10.4 Å². The highest BCUT2D eigenvalue weighted by Gasteiger charge is 2.22. The van der Waals surface area contributed by atoms with Gasteiger partial charge in [0, 0.05) is 23.7 Å². The van der Waals surface area contributed by atoms with Crippen molar-refractivity contribution in [2.24, 2.45) is 0 Å². The smallest absolute Gasteiger partial charge is 0.144 e. The lowest BCUT2D eigenvalue weighted by molar-refractivity contribution is 0.541. The molecule has 0 spiro atoms. The average molecular weight is 400 g/mol. The molecule has 3 rings (SSSR count). The van der Waals surface area contributed by atoms with E-state index in [1.165, 1.54) is 11.1 Å². The summed E-state index contributed by atoms with van der Waals surface area (Å²) in [6, 6.07) is 10.4. The van der Waals surface area contributed by atoms with Gasteiger partial charge in [-0.15, -0.1) is 0 Å². The van der Waals surface area contributed by atoms with Crippen LogP contribution in [0, 0.1) is 0 Å². The molecule has 2 heterocycles. The van der Waals surface area contributed by atoms with Gasteiger partial charge in [-0.05, 0) is 21.5 Å². The molecule has 1 N–H and O–H groups in total. The van der Waals surface area contributed by atoms with Crippen LogP contribution in [0.25, 0.3) is 0 Å². The van der Waals surface area contributed by atoms with Gasteiger partial charge < -0.3 is 5.32 Å². The van der Waals surface area contributed by atoms with E-state index in [0.717, 1.165) is 22.7 Å². The number of benzene rings is 1. The van der Waals surface area contributed by atoms with Crippen molar-refractivity contribution in [2.75, 3.05) is 5.32 Å². The van der Waals surface area contributed by atoms with E-state index in [4.69, 9.17) is 5.10 Å². The predicted molar refractivity (Wildman–Crippen MR) is 104 cm³/mol. The first-order valence-corrected chi connectivity index (χ1v) is 9.03. The molecule has 0 unspecified atom stereocenters. The Morgan fingerprint density at radius 2 is 1.84 bits per heavy atom. The summed E-state index contributed by atoms with van der Waals surface area (Å²) >= 11 is 3.30. The molecule has 0 radical (unpaired) electrons. The van der Waals surface area contributed by atoms with E-state index in [9.17, 15) is 0 Å². The van der Waals surface area contributed by atoms with Crippen molar-refractivity contribution < 1.29 is 0 Å². The lowest BCUT2D eigenvalue weighted by Gasteiger charge is -2.17. The molecule has 5 nitrogen and oxygen atoms in total. The average Bonchev–Trinajstić information content (AvgIpc) is 2.98. The van der Waals surface area contributed by atoms with E-state index in [-0.39, 0.29) is 5.41 Å². The Hall–Kier alpha value is -2.21. The number of hydrogen-bond donors (Lipinski definition) is 1. The van der Waals surface area contributed by atoms with Crippen LogP contribution in [0.5, 0.6) is 0 Å². The van der Waals surface area contributed by atoms with Gasteiger partial charge in [-0.2, -0.15) is 5.10 Å². The summed E-state index contributed by atoms with van der Waals surface area (Å²) in [5.74, 6) is 0.749. The molecule has 0 amide bonds. The van der Waals surface area contributed by atoms with Crippen LogP contribution < -0.4 is 5.32 Å². The minimum Gasteiger partial charge on any atom is -0.365 e. The van der Waals surface area contributed by atoms with Crippen LogP contribution in [0.4, 0.5) is 5.82 Å². The highest BCUT2D eigenvalue weighted by Crippen LogP contribution is 2.25. The standard InChI is InChI=1S/C19H22BrN5/c1-19(2,3)18-15(9-22-17-11-21-16(20)10-23-17)13-25(24-18)12-14-7-5-4-6-8-14/h4-8,10-11,13H,9,12H2,1-3H3,(H,22,23). The van der Waals surface area contributed by atoms with Crippen LogP contribution in [0.2, 0.25) is 0 Å². The van der Waals surface area contributed by atoms with Gasteiger partial charge in [-0.1, -0.05) is 51.1 Å². The maximum Gasteiger partial charge on any atom is 0.144 e. The molecule has 1 aromatic carbocycles. The second kappa shape index (κ2) is 7.35. The molecule has 2 aromatic heterocycles. The topological polar surface area (TPSA) is 55.6 Å². The molecule has 0 aliphatic heterocycles. The van der Waals surface area contributed by atoms with Crippen molar-refractivity contribution in [1.82, 2.24) is 19.7 Å². The van der Waals surface area contributed by atoms with Crippen molar-refractivity contribution in [3.8, 4) is 0 Å². The lowest BCUT2D eigenvalue weighted by Crippen LogP contribution is -2.16. The molecule has 3 aromatic rings. The monoisotopic (exact) mass is 399 g/mol. The maximum absolute atomic E-state index is 4.84. The van der Waals surface area contributed by atoms with E-state index < -0.39 is 0 Å². The van der Waals surface area contributed by atoms with Crippen LogP contribution >= 0.6 is 15.9 Å². The zero-order valence-electron chi connectivity index (χ0n) is 14.7. The molecule has 25 heavy (non-hydrogen) atoms. The molecule has 0 aliphatic rings. The van der Waals surface area contributed by atoms with Crippen molar-refractivity contribution in [3.63, 3.8) is 0 Å². The highest BCUT2D eigenvalue weighted by atomic mass is 79.9. The first kappa shape index (κ1) is 17.6. The lowest BCUT2D eigenvalue weighted by atomic mass is 9.89. The molecular weight excluding hydrogens is 378 g/mol. The van der Waals surface area contributed by atoms with Crippen molar-refractivity contribution in [1.29, 1.82) is 0 Å². The maximum atomic E-state index is 4.84. The Morgan fingerprint density at radius 1 is 1.08 bits per heavy atom. The third-order valence-corrected chi connectivity index (χ3v) is 4.23. The van der Waals surface area contributed by atoms with E-state index in [2.05, 4.69) is 82.4 Å². The summed E-state index contributed by atoms with van der Waals surface area (Å²) in [5.41, 5.74) is 3.49. The zero-order chi connectivity index (χ0) is 17.9. The highest BCUT2D eigenvalue weighted by molar-refractivity contribution is 9.10. The zero-order valence-corrected chi connectivity index (χ0v) is 16.3. The molecule has 0 bridgehead atoms. The van der Waals surface area contributed by atoms with Crippen molar-refractivity contribution >= 4 is 21.7 Å². The molecule has 0 saturated carbocycles. The Morgan fingerprint density at radius 3 is 2.48 bits per heavy atom. The fourth-order valence-corrected chi connectivity index (χ4v) is 2.87. The number of rotatable bonds is 5. The van der Waals surface area contributed by atoms with Crippen LogP contribution in [-0.2, 0) is 18.5 Å². The summed E-state index contributed by atoms with van der Waals surface area (Å²) in [6.45, 7) is 7.99. The first-order valence-electron chi connectivity index (χ1n) is 8.24. The largest absolute Gasteiger partial charge is 0.365 e. The van der Waals surface area contributed by atoms with E-state index in [0.29, 0.717) is 6.54 Å². The Balaban J connectivity index is 1.80. The number of halogens is 1. The second-order valence-electron chi connectivity index (χ2n) is 7.01. The Bertz CT molecular complexity index is 819. The van der Waals surface area contributed by atoms with Crippen LogP contribution in [0.15, 0.2) is 53.5 Å². The molecule has 0 fully saturated rings. The SMILES string of the molecule is CC(C)(C)c1nn(Cc2ccccc2)cc1CNc1cnc(Br)cn1. The summed E-state index contributed by atoms with van der Waals surface area (Å²) < 4.78 is 2.74. The minimum absolute atomic E-state index is 0.0235. The molecule has 130 valence electrons. The third-order valence-electron chi connectivity index (χ3n) is 3.82. The third kappa shape index (κ3) is 4.66. The summed E-state index contributed by atoms with van der Waals surface area (Å²) in [5, 5.41) is 8.17. The molecule has 0 aliphatic carbocycles. The quantitative estimate of drug-likeness (QED) is 0.690. The van der Waals surface area contributed by atoms with E-state index in [1.807, 2.05) is 10.7 Å². The first-order chi connectivity index (χ1) is 11.9. The second-order valence-corrected chi connectivity index (χ2v) is 7.83. The molecule has 0 saturated heterocycles. The van der Waals surface area contributed by atoms with Gasteiger partial charge in [0.25, 0.3) is 0 Å². The van der Waals surface area contributed by atoms with Gasteiger partial charge in [-0.3, -0.25) is 4.68 Å². The van der Waals surface area contributed by atoms with Gasteiger partial charge in [0.15, 0.2) is 0 Å². The molecule has 0 atom stereocenters. The van der Waals surface area contributed by atoms with Crippen LogP contribution in [0.3, 0.4) is 0 Å². The predicted octanol–water partition coefficient (Wildman–Crippen LogP) is 4.39. The fourth-order valence-electron chi connectivity index (χ4n) is 2.66. The van der Waals surface area contributed by atoms with Gasteiger partial charge in [0.2, 0.25) is 0 Å². The number of nitrogens with one attached hydrogen (secondary N) is 1. The van der Waals surface area contributed by atoms with Crippen LogP contribution in [0.1, 0.15) is 37.6 Å². The normalized spacial score (nSPS) is 11.5. The van der Waals surface area contributed by atoms with Gasteiger partial charge in [0.05, 0.1) is 24.6 Å². The minimum atomic E-state index is -0.0235. The van der Waals surface area contributed by atoms with Crippen molar-refractivity contribution in [3.05, 3.63) is 70.3 Å². The Labute approximate surface area is 156 Å². The van der Waals surface area contributed by atoms with Crippen molar-refractivity contribution in [2.45, 2.75) is 39.3 Å². The van der Waals surface area contributed by atoms with Gasteiger partial charge >= 0.3 is 0 Å². The number of anilines is 1. The summed E-state index contributed by atoms with van der Waals surface area (Å²) in [4.78, 5) is 8.51. The van der Waals surface area contributed by atoms with E-state index >= 15 is 0 Å².